The fraction of sp³-hybridized carbons (Fsp3) is 0.235. The highest BCUT2D eigenvalue weighted by atomic mass is 16.5. The molecule has 1 aromatic carbocycles. The van der Waals surface area contributed by atoms with Gasteiger partial charge >= 0.3 is 6.03 Å². The normalized spacial score (nSPS) is 10.4. The van der Waals surface area contributed by atoms with E-state index >= 15 is 0 Å². The Morgan fingerprint density at radius 2 is 2.07 bits per heavy atom. The fourth-order valence-electron chi connectivity index (χ4n) is 2.61. The van der Waals surface area contributed by atoms with Crippen molar-refractivity contribution in [1.82, 2.24) is 25.5 Å². The first-order valence-corrected chi connectivity index (χ1v) is 8.20. The number of hydrogen-bond acceptors (Lipinski definition) is 6. The molecule has 10 heteroatoms. The quantitative estimate of drug-likeness (QED) is 0.428. The summed E-state index contributed by atoms with van der Waals surface area (Å²) in [5.74, 6) is 1.79. The Balaban J connectivity index is 1.71. The van der Waals surface area contributed by atoms with Crippen LogP contribution in [0, 0.1) is 0 Å². The number of nitrogen functional groups attached to an aromatic ring is 1. The average Bonchev–Trinajstić information content (AvgIpc) is 3.31. The first-order valence-electron chi connectivity index (χ1n) is 8.20. The van der Waals surface area contributed by atoms with E-state index in [4.69, 9.17) is 15.2 Å². The lowest BCUT2D eigenvalue weighted by atomic mass is 10.1. The van der Waals surface area contributed by atoms with Crippen LogP contribution in [-0.2, 0) is 6.42 Å². The number of H-pyrrole nitrogens is 2. The van der Waals surface area contributed by atoms with Crippen LogP contribution in [0.25, 0.3) is 11.1 Å². The van der Waals surface area contributed by atoms with Gasteiger partial charge in [-0.3, -0.25) is 10.4 Å². The molecule has 27 heavy (non-hydrogen) atoms. The lowest BCUT2D eigenvalue weighted by molar-refractivity contribution is 0.252. The highest BCUT2D eigenvalue weighted by Gasteiger charge is 2.17. The summed E-state index contributed by atoms with van der Waals surface area (Å²) in [5.41, 5.74) is 8.24. The van der Waals surface area contributed by atoms with Crippen molar-refractivity contribution in [2.75, 3.05) is 31.8 Å². The minimum Gasteiger partial charge on any atom is -0.493 e. The summed E-state index contributed by atoms with van der Waals surface area (Å²) in [6.45, 7) is 0.444. The number of rotatable bonds is 7. The van der Waals surface area contributed by atoms with Crippen LogP contribution in [-0.4, -0.2) is 47.0 Å². The maximum Gasteiger partial charge on any atom is 0.320 e. The molecule has 0 radical (unpaired) electrons. The second kappa shape index (κ2) is 8.13. The molecule has 2 heterocycles. The van der Waals surface area contributed by atoms with Crippen LogP contribution < -0.4 is 25.8 Å². The van der Waals surface area contributed by atoms with Gasteiger partial charge in [0.1, 0.15) is 5.82 Å². The maximum atomic E-state index is 12.2. The van der Waals surface area contributed by atoms with E-state index in [1.807, 2.05) is 6.07 Å². The summed E-state index contributed by atoms with van der Waals surface area (Å²) in [7, 11) is 3.11. The van der Waals surface area contributed by atoms with Gasteiger partial charge in [-0.2, -0.15) is 5.10 Å². The zero-order valence-corrected chi connectivity index (χ0v) is 15.0. The number of nitrogens with zero attached hydrogens (tertiary/aromatic N) is 2. The first kappa shape index (κ1) is 18.1. The number of ether oxygens (including phenoxy) is 2. The van der Waals surface area contributed by atoms with E-state index in [-0.39, 0.29) is 6.03 Å². The van der Waals surface area contributed by atoms with E-state index in [2.05, 4.69) is 30.8 Å². The summed E-state index contributed by atoms with van der Waals surface area (Å²) < 4.78 is 10.6. The Labute approximate surface area is 155 Å². The smallest absolute Gasteiger partial charge is 0.320 e. The predicted molar refractivity (Wildman–Crippen MR) is 101 cm³/mol. The number of aromatic nitrogens is 4. The van der Waals surface area contributed by atoms with Gasteiger partial charge in [-0.1, -0.05) is 6.07 Å². The van der Waals surface area contributed by atoms with Crippen molar-refractivity contribution in [3.63, 3.8) is 0 Å². The largest absolute Gasteiger partial charge is 0.493 e. The van der Waals surface area contributed by atoms with Gasteiger partial charge in [-0.25, -0.2) is 9.78 Å². The first-order chi connectivity index (χ1) is 13.1. The highest BCUT2D eigenvalue weighted by molar-refractivity contribution is 5.96. The summed E-state index contributed by atoms with van der Waals surface area (Å²) in [5, 5.41) is 12.2. The molecule has 0 unspecified atom stereocenters. The number of anilines is 2. The Bertz CT molecular complexity index is 905. The molecule has 0 spiro atoms. The van der Waals surface area contributed by atoms with Crippen molar-refractivity contribution in [2.45, 2.75) is 6.42 Å². The van der Waals surface area contributed by atoms with E-state index in [1.54, 1.807) is 38.9 Å². The molecule has 10 nitrogen and oxygen atoms in total. The summed E-state index contributed by atoms with van der Waals surface area (Å²) in [4.78, 5) is 19.1. The summed E-state index contributed by atoms with van der Waals surface area (Å²) in [6, 6.07) is 4.95. The predicted octanol–water partition coefficient (Wildman–Crippen LogP) is 1.76. The van der Waals surface area contributed by atoms with Gasteiger partial charge in [0, 0.05) is 24.9 Å². The third kappa shape index (κ3) is 4.11. The van der Waals surface area contributed by atoms with Gasteiger partial charge in [0.2, 0.25) is 0 Å². The van der Waals surface area contributed by atoms with Crippen LogP contribution in [0.5, 0.6) is 11.5 Å². The van der Waals surface area contributed by atoms with E-state index in [0.717, 1.165) is 11.3 Å². The van der Waals surface area contributed by atoms with Gasteiger partial charge in [0.25, 0.3) is 0 Å². The van der Waals surface area contributed by atoms with E-state index in [0.29, 0.717) is 41.7 Å². The molecule has 2 aromatic heterocycles. The molecule has 0 saturated heterocycles. The molecule has 0 aliphatic heterocycles. The van der Waals surface area contributed by atoms with Gasteiger partial charge in [0.05, 0.1) is 26.1 Å². The standard InChI is InChI=1S/C17H21N7O3/c1-26-12-4-3-10(7-13(12)27-2)14-15(18)23-24-16(14)22-17(25)20-6-5-11-8-19-9-21-11/h3-4,7-9H,5-6H2,1-2H3,(H,19,21)(H5,18,20,22,23,24,25). The Hall–Kier alpha value is -3.69. The second-order valence-electron chi connectivity index (χ2n) is 5.64. The van der Waals surface area contributed by atoms with Crippen LogP contribution >= 0.6 is 0 Å². The number of benzene rings is 1. The molecule has 142 valence electrons. The number of nitrogens with one attached hydrogen (secondary N) is 4. The van der Waals surface area contributed by atoms with Crippen molar-refractivity contribution in [3.05, 3.63) is 36.4 Å². The van der Waals surface area contributed by atoms with Crippen molar-refractivity contribution in [3.8, 4) is 22.6 Å². The van der Waals surface area contributed by atoms with E-state index < -0.39 is 0 Å². The van der Waals surface area contributed by atoms with E-state index in [1.165, 1.54) is 0 Å². The maximum absolute atomic E-state index is 12.2. The number of amides is 2. The summed E-state index contributed by atoms with van der Waals surface area (Å²) in [6.07, 6.45) is 3.94. The van der Waals surface area contributed by atoms with Crippen molar-refractivity contribution in [1.29, 1.82) is 0 Å². The fourth-order valence-corrected chi connectivity index (χ4v) is 2.61. The minimum atomic E-state index is -0.386. The van der Waals surface area contributed by atoms with Crippen LogP contribution in [0.2, 0.25) is 0 Å². The second-order valence-corrected chi connectivity index (χ2v) is 5.64. The monoisotopic (exact) mass is 371 g/mol. The summed E-state index contributed by atoms with van der Waals surface area (Å²) >= 11 is 0. The number of nitrogens with two attached hydrogens (primary N) is 1. The van der Waals surface area contributed by atoms with Crippen molar-refractivity contribution < 1.29 is 14.3 Å². The molecule has 0 fully saturated rings. The highest BCUT2D eigenvalue weighted by Crippen LogP contribution is 2.37. The molecule has 0 saturated carbocycles. The van der Waals surface area contributed by atoms with E-state index in [9.17, 15) is 4.79 Å². The topological polar surface area (TPSA) is 143 Å². The van der Waals surface area contributed by atoms with Gasteiger partial charge in [-0.05, 0) is 17.7 Å². The van der Waals surface area contributed by atoms with Gasteiger partial charge < -0.3 is 25.5 Å². The number of urea groups is 1. The number of hydrogen-bond donors (Lipinski definition) is 5. The Kier molecular flexibility index (Phi) is 5.45. The van der Waals surface area contributed by atoms with Gasteiger partial charge in [-0.15, -0.1) is 0 Å². The molecule has 3 rings (SSSR count). The lowest BCUT2D eigenvalue weighted by Gasteiger charge is -2.11. The third-order valence-electron chi connectivity index (χ3n) is 3.93. The number of aromatic amines is 2. The number of carbonyl (C=O) groups excluding carboxylic acids is 1. The Morgan fingerprint density at radius 1 is 1.26 bits per heavy atom. The average molecular weight is 371 g/mol. The zero-order chi connectivity index (χ0) is 19.2. The zero-order valence-electron chi connectivity index (χ0n) is 15.0. The molecule has 3 aromatic rings. The van der Waals surface area contributed by atoms with Crippen molar-refractivity contribution >= 4 is 17.7 Å². The number of methoxy groups -OCH3 is 2. The molecular formula is C17H21N7O3. The van der Waals surface area contributed by atoms with Gasteiger partial charge in [0.15, 0.2) is 17.3 Å². The van der Waals surface area contributed by atoms with Crippen LogP contribution in [0.1, 0.15) is 5.69 Å². The number of carbonyl (C=O) groups is 1. The Morgan fingerprint density at radius 3 is 2.78 bits per heavy atom. The SMILES string of the molecule is COc1ccc(-c2c(NC(=O)NCCc3cnc[nH]3)n[nH]c2N)cc1OC. The molecule has 2 amide bonds. The van der Waals surface area contributed by atoms with Crippen molar-refractivity contribution in [2.24, 2.45) is 0 Å². The lowest BCUT2D eigenvalue weighted by Crippen LogP contribution is -2.30. The molecule has 6 N–H and O–H groups in total. The molecule has 0 aliphatic rings. The van der Waals surface area contributed by atoms with Crippen LogP contribution in [0.4, 0.5) is 16.4 Å². The van der Waals surface area contributed by atoms with Crippen LogP contribution in [0.15, 0.2) is 30.7 Å². The molecular weight excluding hydrogens is 350 g/mol. The number of imidazole rings is 1. The molecule has 0 atom stereocenters. The minimum absolute atomic E-state index is 0.318. The third-order valence-corrected chi connectivity index (χ3v) is 3.93. The molecule has 0 aliphatic carbocycles. The van der Waals surface area contributed by atoms with Crippen LogP contribution in [0.3, 0.4) is 0 Å². The molecule has 0 bridgehead atoms.